The van der Waals surface area contributed by atoms with Crippen molar-refractivity contribution in [3.05, 3.63) is 0 Å². The third kappa shape index (κ3) is 6.74. The standard InChI is InChI=1S/C17H34N2O/c1-3-5-7-10-15(9-6-4-2)13-17(20)19-12-8-11-16(18)14-19/h15-16H,3-14,18H2,1-2H3/t15?,16-/m0/s1. The van der Waals surface area contributed by atoms with Crippen molar-refractivity contribution >= 4 is 5.91 Å². The van der Waals surface area contributed by atoms with Crippen LogP contribution in [0.2, 0.25) is 0 Å². The summed E-state index contributed by atoms with van der Waals surface area (Å²) in [5.41, 5.74) is 5.98. The molecule has 0 aromatic carbocycles. The summed E-state index contributed by atoms with van der Waals surface area (Å²) >= 11 is 0. The van der Waals surface area contributed by atoms with Gasteiger partial charge in [-0.05, 0) is 31.6 Å². The van der Waals surface area contributed by atoms with E-state index < -0.39 is 0 Å². The topological polar surface area (TPSA) is 46.3 Å². The SMILES string of the molecule is CCCCCC(CCCC)CC(=O)N1CCC[C@H](N)C1. The predicted octanol–water partition coefficient (Wildman–Crippen LogP) is 3.71. The zero-order valence-corrected chi connectivity index (χ0v) is 13.6. The minimum atomic E-state index is 0.196. The third-order valence-electron chi connectivity index (χ3n) is 4.46. The summed E-state index contributed by atoms with van der Waals surface area (Å²) in [4.78, 5) is 14.4. The van der Waals surface area contributed by atoms with Crippen LogP contribution in [0.4, 0.5) is 0 Å². The van der Waals surface area contributed by atoms with Gasteiger partial charge in [-0.25, -0.2) is 0 Å². The van der Waals surface area contributed by atoms with E-state index in [1.54, 1.807) is 0 Å². The van der Waals surface area contributed by atoms with Crippen LogP contribution < -0.4 is 5.73 Å². The van der Waals surface area contributed by atoms with E-state index in [0.29, 0.717) is 11.8 Å². The van der Waals surface area contributed by atoms with Gasteiger partial charge in [0.25, 0.3) is 0 Å². The molecule has 1 unspecified atom stereocenters. The molecular formula is C17H34N2O. The highest BCUT2D eigenvalue weighted by molar-refractivity contribution is 5.76. The Kier molecular flexibility index (Phi) is 8.92. The monoisotopic (exact) mass is 282 g/mol. The van der Waals surface area contributed by atoms with Crippen LogP contribution in [0.1, 0.15) is 78.1 Å². The van der Waals surface area contributed by atoms with E-state index in [-0.39, 0.29) is 6.04 Å². The molecule has 0 aromatic rings. The molecule has 1 fully saturated rings. The van der Waals surface area contributed by atoms with Crippen LogP contribution in [0, 0.1) is 5.92 Å². The molecular weight excluding hydrogens is 248 g/mol. The maximum absolute atomic E-state index is 12.4. The molecule has 2 atom stereocenters. The number of carbonyl (C=O) groups is 1. The van der Waals surface area contributed by atoms with Gasteiger partial charge >= 0.3 is 0 Å². The molecule has 0 aromatic heterocycles. The Morgan fingerprint density at radius 3 is 2.55 bits per heavy atom. The molecule has 1 rings (SSSR count). The summed E-state index contributed by atoms with van der Waals surface area (Å²) in [6.45, 7) is 6.16. The number of amides is 1. The first-order valence-corrected chi connectivity index (χ1v) is 8.70. The van der Waals surface area contributed by atoms with E-state index in [2.05, 4.69) is 13.8 Å². The molecule has 1 amide bonds. The van der Waals surface area contributed by atoms with Gasteiger partial charge in [-0.3, -0.25) is 4.79 Å². The number of rotatable bonds is 9. The maximum atomic E-state index is 12.4. The molecule has 3 heteroatoms. The summed E-state index contributed by atoms with van der Waals surface area (Å²) in [5.74, 6) is 0.935. The van der Waals surface area contributed by atoms with E-state index in [1.807, 2.05) is 4.90 Å². The van der Waals surface area contributed by atoms with Crippen molar-refractivity contribution in [2.45, 2.75) is 84.1 Å². The Bertz CT molecular complexity index is 268. The number of hydrogen-bond donors (Lipinski definition) is 1. The fourth-order valence-electron chi connectivity index (χ4n) is 3.14. The smallest absolute Gasteiger partial charge is 0.222 e. The summed E-state index contributed by atoms with van der Waals surface area (Å²) in [7, 11) is 0. The van der Waals surface area contributed by atoms with Crippen molar-refractivity contribution in [1.29, 1.82) is 0 Å². The molecule has 0 spiro atoms. The average molecular weight is 282 g/mol. The van der Waals surface area contributed by atoms with Crippen molar-refractivity contribution in [2.75, 3.05) is 13.1 Å². The lowest BCUT2D eigenvalue weighted by Gasteiger charge is -2.32. The van der Waals surface area contributed by atoms with Crippen LogP contribution in [0.25, 0.3) is 0 Å². The number of unbranched alkanes of at least 4 members (excludes halogenated alkanes) is 3. The first kappa shape index (κ1) is 17.5. The van der Waals surface area contributed by atoms with Crippen molar-refractivity contribution in [1.82, 2.24) is 4.90 Å². The molecule has 0 saturated carbocycles. The van der Waals surface area contributed by atoms with Gasteiger partial charge in [-0.15, -0.1) is 0 Å². The number of likely N-dealkylation sites (tertiary alicyclic amines) is 1. The molecule has 118 valence electrons. The van der Waals surface area contributed by atoms with Crippen molar-refractivity contribution in [3.63, 3.8) is 0 Å². The Morgan fingerprint density at radius 2 is 1.90 bits per heavy atom. The Morgan fingerprint density at radius 1 is 1.20 bits per heavy atom. The second-order valence-corrected chi connectivity index (χ2v) is 6.45. The molecule has 3 nitrogen and oxygen atoms in total. The summed E-state index contributed by atoms with van der Waals surface area (Å²) < 4.78 is 0. The normalized spacial score (nSPS) is 20.9. The van der Waals surface area contributed by atoms with Crippen LogP contribution >= 0.6 is 0 Å². The summed E-state index contributed by atoms with van der Waals surface area (Å²) in [5, 5.41) is 0. The lowest BCUT2D eigenvalue weighted by atomic mass is 9.91. The van der Waals surface area contributed by atoms with Crippen molar-refractivity contribution in [3.8, 4) is 0 Å². The molecule has 0 aliphatic carbocycles. The molecule has 1 saturated heterocycles. The van der Waals surface area contributed by atoms with Gasteiger partial charge in [0.05, 0.1) is 0 Å². The average Bonchev–Trinajstić information content (AvgIpc) is 2.44. The first-order chi connectivity index (χ1) is 9.67. The molecule has 0 radical (unpaired) electrons. The van der Waals surface area contributed by atoms with Crippen LogP contribution in [-0.2, 0) is 4.79 Å². The van der Waals surface area contributed by atoms with Crippen molar-refractivity contribution < 1.29 is 4.79 Å². The number of nitrogens with two attached hydrogens (primary N) is 1. The zero-order valence-electron chi connectivity index (χ0n) is 13.6. The minimum absolute atomic E-state index is 0.196. The zero-order chi connectivity index (χ0) is 14.8. The fraction of sp³-hybridized carbons (Fsp3) is 0.941. The van der Waals surface area contributed by atoms with Gasteiger partial charge in [0.15, 0.2) is 0 Å². The largest absolute Gasteiger partial charge is 0.341 e. The highest BCUT2D eigenvalue weighted by atomic mass is 16.2. The molecule has 1 aliphatic rings. The van der Waals surface area contributed by atoms with E-state index in [4.69, 9.17) is 5.73 Å². The van der Waals surface area contributed by atoms with Crippen molar-refractivity contribution in [2.24, 2.45) is 11.7 Å². The molecule has 20 heavy (non-hydrogen) atoms. The molecule has 0 bridgehead atoms. The number of piperidine rings is 1. The van der Waals surface area contributed by atoms with Crippen LogP contribution in [0.5, 0.6) is 0 Å². The van der Waals surface area contributed by atoms with Gasteiger partial charge in [-0.2, -0.15) is 0 Å². The van der Waals surface area contributed by atoms with E-state index in [0.717, 1.165) is 32.4 Å². The lowest BCUT2D eigenvalue weighted by Crippen LogP contribution is -2.46. The van der Waals surface area contributed by atoms with Crippen LogP contribution in [-0.4, -0.2) is 29.9 Å². The van der Waals surface area contributed by atoms with E-state index in [1.165, 1.54) is 44.9 Å². The minimum Gasteiger partial charge on any atom is -0.341 e. The van der Waals surface area contributed by atoms with Crippen LogP contribution in [0.15, 0.2) is 0 Å². The highest BCUT2D eigenvalue weighted by Crippen LogP contribution is 2.22. The Hall–Kier alpha value is -0.570. The van der Waals surface area contributed by atoms with Gasteiger partial charge in [0.2, 0.25) is 5.91 Å². The Labute approximate surface area is 125 Å². The van der Waals surface area contributed by atoms with Crippen LogP contribution in [0.3, 0.4) is 0 Å². The highest BCUT2D eigenvalue weighted by Gasteiger charge is 2.23. The van der Waals surface area contributed by atoms with Gasteiger partial charge in [0.1, 0.15) is 0 Å². The lowest BCUT2D eigenvalue weighted by molar-refractivity contribution is -0.133. The second kappa shape index (κ2) is 10.2. The van der Waals surface area contributed by atoms with Gasteiger partial charge in [-0.1, -0.05) is 46.0 Å². The Balaban J connectivity index is 2.38. The molecule has 1 aliphatic heterocycles. The maximum Gasteiger partial charge on any atom is 0.222 e. The number of hydrogen-bond acceptors (Lipinski definition) is 2. The van der Waals surface area contributed by atoms with Gasteiger partial charge in [0, 0.05) is 25.6 Å². The van der Waals surface area contributed by atoms with Gasteiger partial charge < -0.3 is 10.6 Å². The molecule has 1 heterocycles. The molecule has 2 N–H and O–H groups in total. The first-order valence-electron chi connectivity index (χ1n) is 8.70. The third-order valence-corrected chi connectivity index (χ3v) is 4.46. The summed E-state index contributed by atoms with van der Waals surface area (Å²) in [6.07, 6.45) is 11.6. The van der Waals surface area contributed by atoms with E-state index in [9.17, 15) is 4.79 Å². The quantitative estimate of drug-likeness (QED) is 0.655. The number of carbonyl (C=O) groups excluding carboxylic acids is 1. The second-order valence-electron chi connectivity index (χ2n) is 6.45. The fourth-order valence-corrected chi connectivity index (χ4v) is 3.14. The predicted molar refractivity (Wildman–Crippen MR) is 85.6 cm³/mol. The number of nitrogens with zero attached hydrogens (tertiary/aromatic N) is 1. The van der Waals surface area contributed by atoms with E-state index >= 15 is 0 Å². The summed E-state index contributed by atoms with van der Waals surface area (Å²) in [6, 6.07) is 0.196.